The molecule has 29 heavy (non-hydrogen) atoms. The zero-order valence-electron chi connectivity index (χ0n) is 14.5. The standard InChI is InChI=1S/C17H14Cl2F4N2O3S/c18-12-3-6-14(19)15(7-12)29(27,28)25(8-11-1-4-13(20)5-2-11)9-16(26)24-10-17(21,22)23/h1-7H,8-10H2,(H,24,26). The van der Waals surface area contributed by atoms with Crippen LogP contribution in [0.15, 0.2) is 47.4 Å². The van der Waals surface area contributed by atoms with Crippen LogP contribution < -0.4 is 5.32 Å². The van der Waals surface area contributed by atoms with Gasteiger partial charge in [0.2, 0.25) is 15.9 Å². The van der Waals surface area contributed by atoms with E-state index < -0.39 is 52.5 Å². The molecule has 1 N–H and O–H groups in total. The fraction of sp³-hybridized carbons (Fsp3) is 0.235. The summed E-state index contributed by atoms with van der Waals surface area (Å²) in [6.45, 7) is -2.95. The first-order valence-corrected chi connectivity index (χ1v) is 10.1. The Bertz CT molecular complexity index is 983. The Morgan fingerprint density at radius 2 is 1.69 bits per heavy atom. The van der Waals surface area contributed by atoms with Crippen molar-refractivity contribution in [1.29, 1.82) is 0 Å². The molecule has 0 radical (unpaired) electrons. The van der Waals surface area contributed by atoms with Gasteiger partial charge >= 0.3 is 6.18 Å². The summed E-state index contributed by atoms with van der Waals surface area (Å²) in [5, 5.41) is 1.47. The number of amides is 1. The maximum absolute atomic E-state index is 13.1. The molecule has 0 saturated heterocycles. The Kier molecular flexibility index (Phi) is 7.50. The summed E-state index contributed by atoms with van der Waals surface area (Å²) in [6.07, 6.45) is -4.66. The van der Waals surface area contributed by atoms with Gasteiger partial charge in [0, 0.05) is 11.6 Å². The molecule has 5 nitrogen and oxygen atoms in total. The zero-order chi connectivity index (χ0) is 21.8. The van der Waals surface area contributed by atoms with Gasteiger partial charge in [-0.05, 0) is 35.9 Å². The van der Waals surface area contributed by atoms with E-state index in [1.807, 2.05) is 0 Å². The second-order valence-corrected chi connectivity index (χ2v) is 8.62. The first-order chi connectivity index (χ1) is 13.4. The van der Waals surface area contributed by atoms with Crippen molar-refractivity contribution in [3.63, 3.8) is 0 Å². The van der Waals surface area contributed by atoms with Gasteiger partial charge in [-0.15, -0.1) is 0 Å². The maximum atomic E-state index is 13.1. The van der Waals surface area contributed by atoms with Crippen molar-refractivity contribution in [3.8, 4) is 0 Å². The maximum Gasteiger partial charge on any atom is 0.405 e. The molecule has 0 aliphatic rings. The van der Waals surface area contributed by atoms with Gasteiger partial charge in [-0.2, -0.15) is 17.5 Å². The van der Waals surface area contributed by atoms with E-state index in [9.17, 15) is 30.8 Å². The van der Waals surface area contributed by atoms with Crippen molar-refractivity contribution in [2.24, 2.45) is 0 Å². The molecule has 0 spiro atoms. The van der Waals surface area contributed by atoms with Crippen LogP contribution in [0.4, 0.5) is 17.6 Å². The largest absolute Gasteiger partial charge is 0.405 e. The molecule has 0 fully saturated rings. The summed E-state index contributed by atoms with van der Waals surface area (Å²) in [4.78, 5) is 11.5. The number of halogens is 6. The number of sulfonamides is 1. The molecule has 0 unspecified atom stereocenters. The average Bonchev–Trinajstić information content (AvgIpc) is 2.62. The van der Waals surface area contributed by atoms with Crippen LogP contribution in [-0.4, -0.2) is 37.9 Å². The number of rotatable bonds is 7. The lowest BCUT2D eigenvalue weighted by Gasteiger charge is -2.23. The Labute approximate surface area is 174 Å². The summed E-state index contributed by atoms with van der Waals surface area (Å²) in [6, 6.07) is 8.37. The Morgan fingerprint density at radius 1 is 1.07 bits per heavy atom. The van der Waals surface area contributed by atoms with Gasteiger partial charge in [0.05, 0.1) is 11.6 Å². The fourth-order valence-electron chi connectivity index (χ4n) is 2.25. The lowest BCUT2D eigenvalue weighted by Crippen LogP contribution is -2.43. The van der Waals surface area contributed by atoms with E-state index in [-0.39, 0.29) is 10.0 Å². The molecule has 2 aromatic rings. The number of nitrogens with one attached hydrogen (secondary N) is 1. The van der Waals surface area contributed by atoms with Gasteiger partial charge in [-0.25, -0.2) is 12.8 Å². The van der Waals surface area contributed by atoms with Crippen molar-refractivity contribution in [2.75, 3.05) is 13.1 Å². The van der Waals surface area contributed by atoms with E-state index in [0.29, 0.717) is 9.87 Å². The van der Waals surface area contributed by atoms with Crippen LogP contribution >= 0.6 is 23.2 Å². The van der Waals surface area contributed by atoms with E-state index in [2.05, 4.69) is 0 Å². The van der Waals surface area contributed by atoms with Gasteiger partial charge in [0.1, 0.15) is 17.3 Å². The molecule has 0 aliphatic carbocycles. The SMILES string of the molecule is O=C(CN(Cc1ccc(F)cc1)S(=O)(=O)c1cc(Cl)ccc1Cl)NCC(F)(F)F. The lowest BCUT2D eigenvalue weighted by molar-refractivity contribution is -0.138. The van der Waals surface area contributed by atoms with E-state index in [1.54, 1.807) is 5.32 Å². The van der Waals surface area contributed by atoms with Crippen LogP contribution in [0, 0.1) is 5.82 Å². The summed E-state index contributed by atoms with van der Waals surface area (Å²) in [5.74, 6) is -1.74. The first-order valence-electron chi connectivity index (χ1n) is 7.91. The van der Waals surface area contributed by atoms with E-state index in [4.69, 9.17) is 23.2 Å². The second kappa shape index (κ2) is 9.29. The van der Waals surface area contributed by atoms with Crippen LogP contribution in [0.25, 0.3) is 0 Å². The molecule has 0 bridgehead atoms. The molecule has 158 valence electrons. The van der Waals surface area contributed by atoms with Crippen molar-refractivity contribution in [3.05, 3.63) is 63.9 Å². The van der Waals surface area contributed by atoms with Crippen molar-refractivity contribution >= 4 is 39.1 Å². The highest BCUT2D eigenvalue weighted by molar-refractivity contribution is 7.89. The lowest BCUT2D eigenvalue weighted by atomic mass is 10.2. The molecule has 0 atom stereocenters. The third kappa shape index (κ3) is 6.84. The monoisotopic (exact) mass is 472 g/mol. The van der Waals surface area contributed by atoms with E-state index in [0.717, 1.165) is 18.2 Å². The minimum absolute atomic E-state index is 0.0521. The fourth-order valence-corrected chi connectivity index (χ4v) is 4.37. The Morgan fingerprint density at radius 3 is 2.28 bits per heavy atom. The molecule has 0 aromatic heterocycles. The number of nitrogens with zero attached hydrogens (tertiary/aromatic N) is 1. The van der Waals surface area contributed by atoms with Crippen molar-refractivity contribution in [2.45, 2.75) is 17.6 Å². The average molecular weight is 473 g/mol. The first kappa shape index (κ1) is 23.4. The number of carbonyl (C=O) groups is 1. The molecular formula is C17H14Cl2F4N2O3S. The molecule has 1 amide bonds. The van der Waals surface area contributed by atoms with Crippen molar-refractivity contribution in [1.82, 2.24) is 9.62 Å². The smallest absolute Gasteiger partial charge is 0.346 e. The summed E-state index contributed by atoms with van der Waals surface area (Å²) >= 11 is 11.8. The highest BCUT2D eigenvalue weighted by Gasteiger charge is 2.31. The topological polar surface area (TPSA) is 66.5 Å². The number of alkyl halides is 3. The van der Waals surface area contributed by atoms with Crippen LogP contribution in [0.5, 0.6) is 0 Å². The third-order valence-corrected chi connectivity index (χ3v) is 6.10. The Balaban J connectivity index is 2.36. The predicted molar refractivity (Wildman–Crippen MR) is 99.5 cm³/mol. The van der Waals surface area contributed by atoms with Gasteiger partial charge < -0.3 is 5.32 Å². The van der Waals surface area contributed by atoms with Gasteiger partial charge in [0.15, 0.2) is 0 Å². The molecule has 0 aliphatic heterocycles. The minimum atomic E-state index is -4.66. The highest BCUT2D eigenvalue weighted by atomic mass is 35.5. The second-order valence-electron chi connectivity index (χ2n) is 5.87. The molecule has 0 saturated carbocycles. The zero-order valence-corrected chi connectivity index (χ0v) is 16.8. The van der Waals surface area contributed by atoms with E-state index >= 15 is 0 Å². The minimum Gasteiger partial charge on any atom is -0.346 e. The van der Waals surface area contributed by atoms with Gasteiger partial charge in [-0.3, -0.25) is 4.79 Å². The van der Waals surface area contributed by atoms with E-state index in [1.165, 1.54) is 24.3 Å². The predicted octanol–water partition coefficient (Wildman–Crippen LogP) is 4.00. The van der Waals surface area contributed by atoms with Crippen molar-refractivity contribution < 1.29 is 30.8 Å². The Hall–Kier alpha value is -1.88. The molecule has 0 heterocycles. The van der Waals surface area contributed by atoms with Crippen LogP contribution in [-0.2, 0) is 21.4 Å². The summed E-state index contributed by atoms with van der Waals surface area (Å²) in [5.41, 5.74) is 0.303. The quantitative estimate of drug-likeness (QED) is 0.619. The third-order valence-electron chi connectivity index (χ3n) is 3.59. The van der Waals surface area contributed by atoms with Crippen LogP contribution in [0.2, 0.25) is 10.0 Å². The number of hydrogen-bond acceptors (Lipinski definition) is 3. The van der Waals surface area contributed by atoms with Crippen LogP contribution in [0.3, 0.4) is 0 Å². The normalized spacial score (nSPS) is 12.2. The number of hydrogen-bond donors (Lipinski definition) is 1. The van der Waals surface area contributed by atoms with Gasteiger partial charge in [-0.1, -0.05) is 35.3 Å². The number of carbonyl (C=O) groups excluding carboxylic acids is 1. The summed E-state index contributed by atoms with van der Waals surface area (Å²) in [7, 11) is -4.43. The molecule has 2 rings (SSSR count). The van der Waals surface area contributed by atoms with Crippen LogP contribution in [0.1, 0.15) is 5.56 Å². The molecular weight excluding hydrogens is 459 g/mol. The summed E-state index contributed by atoms with van der Waals surface area (Å²) < 4.78 is 76.7. The number of benzene rings is 2. The molecule has 2 aromatic carbocycles. The van der Waals surface area contributed by atoms with Gasteiger partial charge in [0.25, 0.3) is 0 Å². The molecule has 12 heteroatoms. The highest BCUT2D eigenvalue weighted by Crippen LogP contribution is 2.28.